The molecule has 0 spiro atoms. The summed E-state index contributed by atoms with van der Waals surface area (Å²) in [6, 6.07) is 25.5. The number of carboxylic acids is 1. The number of carboxylic acid groups (broad SMARTS) is 1. The molecule has 0 aliphatic carbocycles. The van der Waals surface area contributed by atoms with E-state index in [1.807, 2.05) is 18.2 Å². The second-order valence-electron chi connectivity index (χ2n) is 6.61. The van der Waals surface area contributed by atoms with Gasteiger partial charge in [0, 0.05) is 17.9 Å². The van der Waals surface area contributed by atoms with E-state index in [4.69, 9.17) is 5.11 Å². The predicted molar refractivity (Wildman–Crippen MR) is 122 cm³/mol. The molecule has 0 fully saturated rings. The van der Waals surface area contributed by atoms with Crippen molar-refractivity contribution in [1.82, 2.24) is 5.32 Å². The van der Waals surface area contributed by atoms with Crippen molar-refractivity contribution >= 4 is 29.1 Å². The highest BCUT2D eigenvalue weighted by Gasteiger charge is 2.03. The molecule has 0 aromatic heterocycles. The van der Waals surface area contributed by atoms with Crippen molar-refractivity contribution in [2.45, 2.75) is 13.5 Å². The maximum Gasteiger partial charge on any atom is 0.335 e. The van der Waals surface area contributed by atoms with Gasteiger partial charge in [-0.15, -0.1) is 11.8 Å². The van der Waals surface area contributed by atoms with Crippen molar-refractivity contribution in [3.63, 3.8) is 0 Å². The average molecular weight is 405 g/mol. The molecule has 0 aliphatic heterocycles. The van der Waals surface area contributed by atoms with Crippen LogP contribution in [0.5, 0.6) is 0 Å². The van der Waals surface area contributed by atoms with Crippen LogP contribution < -0.4 is 10.6 Å². The fourth-order valence-corrected chi connectivity index (χ4v) is 3.44. The summed E-state index contributed by atoms with van der Waals surface area (Å²) in [5.74, 6) is -0.240. The lowest BCUT2D eigenvalue weighted by molar-refractivity contribution is 0.0697. The van der Waals surface area contributed by atoms with Crippen LogP contribution in [0.25, 0.3) is 5.70 Å². The van der Waals surface area contributed by atoms with Crippen molar-refractivity contribution in [3.8, 4) is 0 Å². The van der Waals surface area contributed by atoms with Crippen LogP contribution in [0.1, 0.15) is 27.0 Å². The Balaban J connectivity index is 1.62. The van der Waals surface area contributed by atoms with E-state index >= 15 is 0 Å². The molecule has 0 radical (unpaired) electrons. The van der Waals surface area contributed by atoms with Crippen LogP contribution in [0.15, 0.2) is 84.3 Å². The molecule has 148 valence electrons. The monoisotopic (exact) mass is 404 g/mol. The van der Waals surface area contributed by atoms with Crippen LogP contribution in [0.3, 0.4) is 0 Å². The Bertz CT molecular complexity index is 952. The fourth-order valence-electron chi connectivity index (χ4n) is 2.72. The summed E-state index contributed by atoms with van der Waals surface area (Å²) in [7, 11) is 0. The van der Waals surface area contributed by atoms with Crippen molar-refractivity contribution in [3.05, 3.63) is 107 Å². The van der Waals surface area contributed by atoms with Gasteiger partial charge in [0.15, 0.2) is 0 Å². The molecule has 3 aromatic rings. The van der Waals surface area contributed by atoms with E-state index in [1.165, 1.54) is 11.1 Å². The Morgan fingerprint density at radius 2 is 1.59 bits per heavy atom. The van der Waals surface area contributed by atoms with Crippen molar-refractivity contribution in [2.75, 3.05) is 11.2 Å². The highest BCUT2D eigenvalue weighted by atomic mass is 32.2. The van der Waals surface area contributed by atoms with E-state index in [2.05, 4.69) is 59.4 Å². The topological polar surface area (TPSA) is 61.4 Å². The molecule has 29 heavy (non-hydrogen) atoms. The number of rotatable bonds is 9. The highest BCUT2D eigenvalue weighted by Crippen LogP contribution is 2.19. The molecule has 3 aromatic carbocycles. The Morgan fingerprint density at radius 1 is 0.931 bits per heavy atom. The fraction of sp³-hybridized carbons (Fsp3) is 0.125. The Labute approximate surface area is 175 Å². The molecular weight excluding hydrogens is 380 g/mol. The SMILES string of the molecule is Cc1ccc(/C(=C/SCNc2ccc(C(=O)O)cc2)NCc2ccccc2)cc1. The number of aryl methyl sites for hydroxylation is 1. The van der Waals surface area contributed by atoms with Crippen molar-refractivity contribution < 1.29 is 9.90 Å². The standard InChI is InChI=1S/C24H24N2O2S/c1-18-7-9-20(10-8-18)23(25-15-19-5-3-2-4-6-19)16-29-17-26-22-13-11-21(12-14-22)24(27)28/h2-14,16,25-26H,15,17H2,1H3,(H,27,28)/b23-16-. The average Bonchev–Trinajstić information content (AvgIpc) is 2.75. The molecule has 3 rings (SSSR count). The van der Waals surface area contributed by atoms with Gasteiger partial charge in [-0.05, 0) is 47.7 Å². The maximum atomic E-state index is 10.9. The second kappa shape index (κ2) is 10.4. The molecule has 5 heteroatoms. The van der Waals surface area contributed by atoms with Gasteiger partial charge in [-0.25, -0.2) is 4.79 Å². The summed E-state index contributed by atoms with van der Waals surface area (Å²) in [5, 5.41) is 17.9. The van der Waals surface area contributed by atoms with Gasteiger partial charge in [0.25, 0.3) is 0 Å². The van der Waals surface area contributed by atoms with E-state index in [0.717, 1.165) is 23.5 Å². The number of anilines is 1. The first kappa shape index (κ1) is 20.6. The van der Waals surface area contributed by atoms with Crippen molar-refractivity contribution in [1.29, 1.82) is 0 Å². The Kier molecular flexibility index (Phi) is 7.36. The molecule has 0 aliphatic rings. The quantitative estimate of drug-likeness (QED) is 0.321. The summed E-state index contributed by atoms with van der Waals surface area (Å²) in [6.45, 7) is 2.84. The normalized spacial score (nSPS) is 11.1. The summed E-state index contributed by atoms with van der Waals surface area (Å²) >= 11 is 1.65. The summed E-state index contributed by atoms with van der Waals surface area (Å²) in [5.41, 5.74) is 5.86. The maximum absolute atomic E-state index is 10.9. The van der Waals surface area contributed by atoms with Crippen LogP contribution in [-0.4, -0.2) is 17.0 Å². The van der Waals surface area contributed by atoms with E-state index in [1.54, 1.807) is 36.0 Å². The summed E-state index contributed by atoms with van der Waals surface area (Å²) in [6.07, 6.45) is 0. The van der Waals surface area contributed by atoms with Gasteiger partial charge in [-0.1, -0.05) is 60.2 Å². The van der Waals surface area contributed by atoms with Gasteiger partial charge in [0.05, 0.1) is 11.4 Å². The molecular formula is C24H24N2O2S. The lowest BCUT2D eigenvalue weighted by Crippen LogP contribution is -2.11. The first-order chi connectivity index (χ1) is 14.1. The summed E-state index contributed by atoms with van der Waals surface area (Å²) in [4.78, 5) is 10.9. The number of carbonyl (C=O) groups is 1. The van der Waals surface area contributed by atoms with Gasteiger partial charge in [-0.2, -0.15) is 0 Å². The minimum Gasteiger partial charge on any atom is -0.478 e. The number of hydrogen-bond donors (Lipinski definition) is 3. The number of aromatic carboxylic acids is 1. The van der Waals surface area contributed by atoms with Gasteiger partial charge in [0.2, 0.25) is 0 Å². The predicted octanol–water partition coefficient (Wildman–Crippen LogP) is 5.58. The lowest BCUT2D eigenvalue weighted by atomic mass is 10.1. The third-order valence-corrected chi connectivity index (χ3v) is 5.09. The van der Waals surface area contributed by atoms with Gasteiger partial charge in [-0.3, -0.25) is 0 Å². The van der Waals surface area contributed by atoms with Crippen LogP contribution in [0.2, 0.25) is 0 Å². The molecule has 0 bridgehead atoms. The molecule has 0 saturated carbocycles. The zero-order valence-corrected chi connectivity index (χ0v) is 17.1. The minimum atomic E-state index is -0.916. The number of thioether (sulfide) groups is 1. The molecule has 0 atom stereocenters. The number of hydrogen-bond acceptors (Lipinski definition) is 4. The van der Waals surface area contributed by atoms with Crippen LogP contribution >= 0.6 is 11.8 Å². The van der Waals surface area contributed by atoms with Gasteiger partial charge < -0.3 is 15.7 Å². The zero-order chi connectivity index (χ0) is 20.5. The molecule has 0 saturated heterocycles. The van der Waals surface area contributed by atoms with Gasteiger partial charge >= 0.3 is 5.97 Å². The smallest absolute Gasteiger partial charge is 0.335 e. The highest BCUT2D eigenvalue weighted by molar-refractivity contribution is 8.02. The van der Waals surface area contributed by atoms with E-state index in [-0.39, 0.29) is 5.56 Å². The molecule has 0 amide bonds. The largest absolute Gasteiger partial charge is 0.478 e. The van der Waals surface area contributed by atoms with Gasteiger partial charge in [0.1, 0.15) is 0 Å². The van der Waals surface area contributed by atoms with Crippen LogP contribution in [0, 0.1) is 6.92 Å². The number of benzene rings is 3. The van der Waals surface area contributed by atoms with Crippen LogP contribution in [-0.2, 0) is 6.54 Å². The van der Waals surface area contributed by atoms with E-state index in [0.29, 0.717) is 5.88 Å². The van der Waals surface area contributed by atoms with E-state index in [9.17, 15) is 4.79 Å². The summed E-state index contributed by atoms with van der Waals surface area (Å²) < 4.78 is 0. The number of nitrogens with one attached hydrogen (secondary N) is 2. The molecule has 0 heterocycles. The third-order valence-electron chi connectivity index (χ3n) is 4.38. The lowest BCUT2D eigenvalue weighted by Gasteiger charge is -2.13. The van der Waals surface area contributed by atoms with E-state index < -0.39 is 5.97 Å². The minimum absolute atomic E-state index is 0.287. The third kappa shape index (κ3) is 6.43. The molecule has 0 unspecified atom stereocenters. The first-order valence-electron chi connectivity index (χ1n) is 9.35. The second-order valence-corrected chi connectivity index (χ2v) is 7.46. The first-order valence-corrected chi connectivity index (χ1v) is 10.4. The zero-order valence-electron chi connectivity index (χ0n) is 16.3. The Morgan fingerprint density at radius 3 is 2.24 bits per heavy atom. The van der Waals surface area contributed by atoms with Crippen LogP contribution in [0.4, 0.5) is 5.69 Å². The Hall–Kier alpha value is -3.18. The molecule has 3 N–H and O–H groups in total. The van der Waals surface area contributed by atoms with Crippen molar-refractivity contribution in [2.24, 2.45) is 0 Å². The molecule has 4 nitrogen and oxygen atoms in total.